The van der Waals surface area contributed by atoms with Gasteiger partial charge in [-0.2, -0.15) is 0 Å². The number of hydrogen-bond acceptors (Lipinski definition) is 7. The van der Waals surface area contributed by atoms with E-state index in [1.165, 1.54) is 6.07 Å². The predicted octanol–water partition coefficient (Wildman–Crippen LogP) is -0.195. The molecule has 1 heterocycles. The van der Waals surface area contributed by atoms with Crippen LogP contribution in [0, 0.1) is 6.92 Å². The van der Waals surface area contributed by atoms with E-state index < -0.39 is 30.0 Å². The molecule has 1 aromatic carbocycles. The molecule has 29 heavy (non-hydrogen) atoms. The minimum atomic E-state index is -1.43. The van der Waals surface area contributed by atoms with Crippen LogP contribution in [0.4, 0.5) is 0 Å². The maximum absolute atomic E-state index is 11.9. The van der Waals surface area contributed by atoms with Crippen molar-refractivity contribution in [3.8, 4) is 5.75 Å². The van der Waals surface area contributed by atoms with Gasteiger partial charge in [0.1, 0.15) is 11.3 Å². The van der Waals surface area contributed by atoms with E-state index in [0.29, 0.717) is 16.9 Å². The second kappa shape index (κ2) is 10.3. The van der Waals surface area contributed by atoms with E-state index in [4.69, 9.17) is 9.15 Å². The first-order valence-electron chi connectivity index (χ1n) is 9.24. The third-order valence-corrected chi connectivity index (χ3v) is 4.23. The molecular weight excluding hydrogens is 380 g/mol. The summed E-state index contributed by atoms with van der Waals surface area (Å²) in [7, 11) is 0. The van der Waals surface area contributed by atoms with Crippen molar-refractivity contribution in [1.29, 1.82) is 0 Å². The van der Waals surface area contributed by atoms with Crippen LogP contribution >= 0.6 is 0 Å². The average molecular weight is 403 g/mol. The Bertz CT molecular complexity index is 965. The first-order chi connectivity index (χ1) is 13.8. The Hall–Kier alpha value is -3.36. The molecule has 2 amide bonds. The summed E-state index contributed by atoms with van der Waals surface area (Å²) in [5.41, 5.74) is 1.48. The van der Waals surface area contributed by atoms with Crippen LogP contribution in [0.2, 0.25) is 0 Å². The normalized spacial score (nSPS) is 10.6. The second-order valence-corrected chi connectivity index (χ2v) is 6.47. The first-order valence-corrected chi connectivity index (χ1v) is 9.24. The highest BCUT2D eigenvalue weighted by Gasteiger charge is 2.13. The summed E-state index contributed by atoms with van der Waals surface area (Å²) < 4.78 is 10.8. The Balaban J connectivity index is 2.02. The van der Waals surface area contributed by atoms with Gasteiger partial charge in [0.15, 0.2) is 6.61 Å². The van der Waals surface area contributed by atoms with Crippen molar-refractivity contribution in [2.75, 3.05) is 19.7 Å². The number of unbranched alkanes of at least 4 members (excludes halogenated alkanes) is 1. The topological polar surface area (TPSA) is 138 Å². The fourth-order valence-electron chi connectivity index (χ4n) is 2.74. The van der Waals surface area contributed by atoms with E-state index in [2.05, 4.69) is 17.6 Å². The third-order valence-electron chi connectivity index (χ3n) is 4.23. The lowest BCUT2D eigenvalue weighted by Crippen LogP contribution is -2.43. The lowest BCUT2D eigenvalue weighted by Gasteiger charge is -2.12. The molecular formula is C20H23N2O7-. The summed E-state index contributed by atoms with van der Waals surface area (Å²) in [6.07, 6.45) is 2.72. The zero-order valence-electron chi connectivity index (χ0n) is 16.3. The minimum Gasteiger partial charge on any atom is -0.548 e. The van der Waals surface area contributed by atoms with Crippen LogP contribution in [0.3, 0.4) is 0 Å². The molecule has 2 rings (SSSR count). The number of carbonyl (C=O) groups is 3. The van der Waals surface area contributed by atoms with Crippen LogP contribution in [0.1, 0.15) is 30.9 Å². The number of rotatable bonds is 10. The van der Waals surface area contributed by atoms with Crippen molar-refractivity contribution >= 4 is 28.8 Å². The predicted molar refractivity (Wildman–Crippen MR) is 102 cm³/mol. The molecule has 0 bridgehead atoms. The molecule has 0 unspecified atom stereocenters. The monoisotopic (exact) mass is 403 g/mol. The van der Waals surface area contributed by atoms with Gasteiger partial charge in [-0.3, -0.25) is 9.59 Å². The molecule has 0 radical (unpaired) electrons. The molecule has 0 aliphatic carbocycles. The highest BCUT2D eigenvalue weighted by Crippen LogP contribution is 2.29. The Kier molecular flexibility index (Phi) is 7.76. The van der Waals surface area contributed by atoms with E-state index in [1.54, 1.807) is 19.1 Å². The van der Waals surface area contributed by atoms with E-state index >= 15 is 0 Å². The van der Waals surface area contributed by atoms with Gasteiger partial charge < -0.3 is 29.7 Å². The molecule has 0 saturated carbocycles. The third kappa shape index (κ3) is 6.34. The van der Waals surface area contributed by atoms with Crippen LogP contribution in [0.5, 0.6) is 5.75 Å². The van der Waals surface area contributed by atoms with Gasteiger partial charge in [0.05, 0.1) is 19.1 Å². The number of benzene rings is 1. The minimum absolute atomic E-state index is 0.361. The molecule has 0 aliphatic rings. The molecule has 0 fully saturated rings. The maximum atomic E-state index is 11.9. The van der Waals surface area contributed by atoms with Gasteiger partial charge in [-0.15, -0.1) is 0 Å². The summed E-state index contributed by atoms with van der Waals surface area (Å²) in [4.78, 5) is 45.4. The van der Waals surface area contributed by atoms with E-state index in [9.17, 15) is 24.3 Å². The molecule has 9 nitrogen and oxygen atoms in total. The number of hydrogen-bond donors (Lipinski definition) is 2. The fraction of sp³-hybridized carbons (Fsp3) is 0.400. The van der Waals surface area contributed by atoms with Crippen molar-refractivity contribution in [3.05, 3.63) is 39.7 Å². The lowest BCUT2D eigenvalue weighted by atomic mass is 10.0. The van der Waals surface area contributed by atoms with Gasteiger partial charge in [0.2, 0.25) is 5.91 Å². The molecule has 0 saturated heterocycles. The molecule has 9 heteroatoms. The second-order valence-electron chi connectivity index (χ2n) is 6.47. The number of carboxylic acid groups (broad SMARTS) is 1. The van der Waals surface area contributed by atoms with Crippen molar-refractivity contribution in [2.45, 2.75) is 33.1 Å². The highest BCUT2D eigenvalue weighted by molar-refractivity contribution is 5.87. The summed E-state index contributed by atoms with van der Waals surface area (Å²) in [6.45, 7) is 2.42. The van der Waals surface area contributed by atoms with Crippen LogP contribution in [0.15, 0.2) is 27.4 Å². The van der Waals surface area contributed by atoms with Gasteiger partial charge in [-0.25, -0.2) is 4.79 Å². The number of aryl methyl sites for hydroxylation is 2. The van der Waals surface area contributed by atoms with E-state index in [-0.39, 0.29) is 13.2 Å². The number of nitrogens with one attached hydrogen (secondary N) is 2. The van der Waals surface area contributed by atoms with E-state index in [0.717, 1.165) is 30.2 Å². The molecule has 0 atom stereocenters. The van der Waals surface area contributed by atoms with Crippen LogP contribution in [-0.2, 0) is 20.8 Å². The van der Waals surface area contributed by atoms with Crippen LogP contribution < -0.4 is 26.1 Å². The zero-order chi connectivity index (χ0) is 21.4. The Morgan fingerprint density at radius 3 is 2.55 bits per heavy atom. The van der Waals surface area contributed by atoms with Crippen molar-refractivity contribution in [3.63, 3.8) is 0 Å². The standard InChI is InChI=1S/C20H24N2O7/c1-3-4-5-13-8-19(27)29-20-12(2)15(7-6-14(13)20)28-11-17(24)21-9-16(23)22-10-18(25)26/h6-8H,3-5,9-11H2,1-2H3,(H,21,24)(H,22,23)(H,25,26)/p-1. The number of amides is 2. The molecule has 0 spiro atoms. The summed E-state index contributed by atoms with van der Waals surface area (Å²) in [6, 6.07) is 4.99. The van der Waals surface area contributed by atoms with Gasteiger partial charge >= 0.3 is 5.63 Å². The summed E-state index contributed by atoms with van der Waals surface area (Å²) in [5, 5.41) is 15.5. The maximum Gasteiger partial charge on any atom is 0.336 e. The zero-order valence-corrected chi connectivity index (χ0v) is 16.3. The average Bonchev–Trinajstić information content (AvgIpc) is 2.68. The molecule has 2 N–H and O–H groups in total. The van der Waals surface area contributed by atoms with Crippen LogP contribution in [-0.4, -0.2) is 37.5 Å². The fourth-order valence-corrected chi connectivity index (χ4v) is 2.74. The number of carboxylic acids is 1. The van der Waals surface area contributed by atoms with Crippen molar-refractivity contribution in [2.24, 2.45) is 0 Å². The summed E-state index contributed by atoms with van der Waals surface area (Å²) in [5.74, 6) is -2.27. The Morgan fingerprint density at radius 1 is 1.14 bits per heavy atom. The number of carbonyl (C=O) groups excluding carboxylic acids is 3. The largest absolute Gasteiger partial charge is 0.548 e. The smallest absolute Gasteiger partial charge is 0.336 e. The van der Waals surface area contributed by atoms with Crippen LogP contribution in [0.25, 0.3) is 11.0 Å². The van der Waals surface area contributed by atoms with Crippen molar-refractivity contribution < 1.29 is 28.6 Å². The Morgan fingerprint density at radius 2 is 1.86 bits per heavy atom. The van der Waals surface area contributed by atoms with E-state index in [1.807, 2.05) is 0 Å². The molecule has 156 valence electrons. The molecule has 2 aromatic rings. The van der Waals surface area contributed by atoms with Gasteiger partial charge in [0.25, 0.3) is 5.91 Å². The van der Waals surface area contributed by atoms with Gasteiger partial charge in [0, 0.05) is 17.0 Å². The van der Waals surface area contributed by atoms with Crippen molar-refractivity contribution in [1.82, 2.24) is 10.6 Å². The molecule has 1 aromatic heterocycles. The number of fused-ring (bicyclic) bond motifs is 1. The van der Waals surface area contributed by atoms with Gasteiger partial charge in [-0.1, -0.05) is 13.3 Å². The molecule has 0 aliphatic heterocycles. The number of ether oxygens (including phenoxy) is 1. The quantitative estimate of drug-likeness (QED) is 0.524. The lowest BCUT2D eigenvalue weighted by molar-refractivity contribution is -0.304. The highest BCUT2D eigenvalue weighted by atomic mass is 16.5. The number of aliphatic carboxylic acids is 1. The first kappa shape index (κ1) is 21.9. The Labute approximate surface area is 167 Å². The SMILES string of the molecule is CCCCc1cc(=O)oc2c(C)c(OCC(=O)NCC(=O)NCC(=O)[O-])ccc12. The van der Waals surface area contributed by atoms with Gasteiger partial charge in [-0.05, 0) is 37.5 Å². The summed E-state index contributed by atoms with van der Waals surface area (Å²) >= 11 is 0.